The molecule has 18 rings (SSSR count). The van der Waals surface area contributed by atoms with E-state index < -0.39 is 86.6 Å². The monoisotopic (exact) mass is 1160 g/mol. The Morgan fingerprint density at radius 1 is 0.859 bits per heavy atom. The first-order valence-corrected chi connectivity index (χ1v) is 34.1. The molecule has 13 nitrogen and oxygen atoms in total. The maximum Gasteiger partial charge on any atom is 0.339 e. The third-order valence-electron chi connectivity index (χ3n) is 29.4. The number of hydrogen-bond donors (Lipinski definition) is 4. The normalized spacial score (nSPS) is 53.0. The number of aliphatic hydroxyl groups excluding tert-OH is 3. The van der Waals surface area contributed by atoms with Crippen molar-refractivity contribution in [2.45, 2.75) is 184 Å². The first-order valence-electron chi connectivity index (χ1n) is 34.1. The Bertz CT molecular complexity index is 3210. The Hall–Kier alpha value is -4.11. The van der Waals surface area contributed by atoms with E-state index in [4.69, 9.17) is 23.4 Å². The largest absolute Gasteiger partial charge is 0.469 e. The van der Waals surface area contributed by atoms with E-state index in [-0.39, 0.29) is 72.3 Å². The van der Waals surface area contributed by atoms with Crippen molar-refractivity contribution in [3.8, 4) is 0 Å². The second-order valence-electron chi connectivity index (χ2n) is 32.0. The number of fused-ring (bicyclic) bond motifs is 6. The summed E-state index contributed by atoms with van der Waals surface area (Å²) in [6, 6.07) is 13.2. The summed E-state index contributed by atoms with van der Waals surface area (Å²) in [7, 11) is 0. The number of nitrogens with one attached hydrogen (secondary N) is 1. The molecule has 13 heteroatoms. The molecule has 0 radical (unpaired) electrons. The Labute approximate surface area is 500 Å². The average Bonchev–Trinajstić information content (AvgIpc) is 1.44. The number of carbonyl (C=O) groups is 3. The fourth-order valence-electron chi connectivity index (χ4n) is 26.9. The summed E-state index contributed by atoms with van der Waals surface area (Å²) >= 11 is 0. The number of ketones is 1. The first-order chi connectivity index (χ1) is 41.2. The van der Waals surface area contributed by atoms with Gasteiger partial charge in [-0.15, -0.1) is 0 Å². The van der Waals surface area contributed by atoms with Crippen molar-refractivity contribution < 1.29 is 53.1 Å². The molecule has 0 amide bonds. The minimum absolute atomic E-state index is 0.0375. The van der Waals surface area contributed by atoms with Crippen molar-refractivity contribution >= 4 is 17.7 Å². The van der Waals surface area contributed by atoms with Crippen LogP contribution in [0.5, 0.6) is 0 Å². The van der Waals surface area contributed by atoms with E-state index in [9.17, 15) is 15.3 Å². The summed E-state index contributed by atoms with van der Waals surface area (Å²) < 4.78 is 36.7. The zero-order valence-corrected chi connectivity index (χ0v) is 50.2. The van der Waals surface area contributed by atoms with E-state index in [1.54, 1.807) is 6.26 Å². The summed E-state index contributed by atoms with van der Waals surface area (Å²) in [4.78, 5) is 51.3. The SMILES string of the molecule is CC1C(C2C=C3CC4CCCC45CC4CC6(C)C(c7ccoc7CC(C(O)CO)C7CCC8C(C=CN9CNCC89)C7)OC(=O)C7OC76C6(C7CCCC(Cc8ccccc8)C7)C(O)C(=O)C7C2(C)OC32C5C(=O)OCC72C46)C=CC2CCCC21. The molecule has 1 aromatic heterocycles. The van der Waals surface area contributed by atoms with E-state index in [0.29, 0.717) is 54.2 Å². The third-order valence-corrected chi connectivity index (χ3v) is 29.4. The van der Waals surface area contributed by atoms with E-state index in [1.165, 1.54) is 30.4 Å². The topological polar surface area (TPSA) is 181 Å². The minimum atomic E-state index is -1.51. The molecule has 5 bridgehead atoms. The van der Waals surface area contributed by atoms with Gasteiger partial charge in [0.2, 0.25) is 0 Å². The lowest BCUT2D eigenvalue weighted by Gasteiger charge is -2.72. The molecular weight excluding hydrogens is 1070 g/mol. The van der Waals surface area contributed by atoms with Crippen molar-refractivity contribution in [2.24, 2.45) is 116 Å². The van der Waals surface area contributed by atoms with Crippen molar-refractivity contribution in [1.29, 1.82) is 0 Å². The number of epoxide rings is 1. The van der Waals surface area contributed by atoms with Crippen LogP contribution in [0.4, 0.5) is 0 Å². The van der Waals surface area contributed by atoms with Crippen LogP contribution in [0.3, 0.4) is 0 Å². The number of ether oxygens (including phenoxy) is 4. The number of nitrogens with zero attached hydrogens (tertiary/aromatic N) is 1. The number of allylic oxidation sites excluding steroid dienone is 3. The summed E-state index contributed by atoms with van der Waals surface area (Å²) in [6.07, 6.45) is 25.6. The number of furan rings is 1. The predicted molar refractivity (Wildman–Crippen MR) is 312 cm³/mol. The van der Waals surface area contributed by atoms with E-state index >= 15 is 14.4 Å². The Morgan fingerprint density at radius 3 is 2.56 bits per heavy atom. The molecule has 454 valence electrons. The molecule has 16 aliphatic rings. The smallest absolute Gasteiger partial charge is 0.339 e. The highest BCUT2D eigenvalue weighted by Crippen LogP contribution is 2.90. The molecule has 28 unspecified atom stereocenters. The van der Waals surface area contributed by atoms with Crippen LogP contribution in [0.2, 0.25) is 0 Å². The highest BCUT2D eigenvalue weighted by atomic mass is 16.7. The highest BCUT2D eigenvalue weighted by Gasteiger charge is 2.98. The second-order valence-corrected chi connectivity index (χ2v) is 32.0. The number of benzene rings is 1. The fourth-order valence-corrected chi connectivity index (χ4v) is 26.9. The molecule has 7 aliphatic heterocycles. The number of rotatable bonds is 10. The van der Waals surface area contributed by atoms with Gasteiger partial charge in [0, 0.05) is 41.3 Å². The fraction of sp³-hybridized carbons (Fsp3) is 0.736. The Balaban J connectivity index is 0.819. The van der Waals surface area contributed by atoms with Crippen LogP contribution in [-0.4, -0.2) is 106 Å². The summed E-state index contributed by atoms with van der Waals surface area (Å²) in [5, 5.41) is 41.2. The molecule has 13 fully saturated rings. The molecule has 85 heavy (non-hydrogen) atoms. The van der Waals surface area contributed by atoms with E-state index in [0.717, 1.165) is 102 Å². The summed E-state index contributed by atoms with van der Waals surface area (Å²) in [6.45, 7) is 8.45. The number of Topliss-reactive ketones (excluding diaryl/α,β-unsaturated/α-hetero) is 1. The highest BCUT2D eigenvalue weighted by molar-refractivity contribution is 5.94. The van der Waals surface area contributed by atoms with Gasteiger partial charge in [-0.05, 0) is 196 Å². The standard InChI is InChI=1S/C72H90N2O11/c1-38-48-16-8-13-41(48)17-19-49(38)53-30-47-29-45-15-9-23-68(45)33-44-32-66(2)62(51-22-25-81-56(51)31-52(55(76)35-75)42-18-20-50-43(28-42)21-24-74-37-73-34-54(50)74)83-65(80)63-72(66,84-63)70(46-14-7-12-40(27-46)26-39-10-5-4-6-11-39)58(44)69-36-82-64(79)60(68)71(47,69)85-67(53,3)59(69)57(77)61(70)78/h4-6,10-11,17,19,21-22,24-25,30,38,40-46,48-50,52-55,58-63,73,75-76,78H,7-9,12-16,18,20,23,26-29,31-37H2,1-3H3. The van der Waals surface area contributed by atoms with Crippen molar-refractivity contribution in [2.75, 3.05) is 26.4 Å². The molecule has 5 saturated heterocycles. The van der Waals surface area contributed by atoms with Gasteiger partial charge in [-0.1, -0.05) is 94.2 Å². The summed E-state index contributed by atoms with van der Waals surface area (Å²) in [5.74, 6) is 0.132. The van der Waals surface area contributed by atoms with Crippen molar-refractivity contribution in [3.63, 3.8) is 0 Å². The lowest BCUT2D eigenvalue weighted by molar-refractivity contribution is -0.300. The van der Waals surface area contributed by atoms with Crippen LogP contribution in [0.15, 0.2) is 83.2 Å². The molecule has 2 aromatic rings. The molecule has 4 spiro atoms. The van der Waals surface area contributed by atoms with Crippen LogP contribution in [0.1, 0.15) is 146 Å². The quantitative estimate of drug-likeness (QED) is 0.100. The van der Waals surface area contributed by atoms with Crippen LogP contribution >= 0.6 is 0 Å². The van der Waals surface area contributed by atoms with E-state index in [1.807, 2.05) is 6.07 Å². The number of esters is 2. The maximum absolute atomic E-state index is 17.5. The average molecular weight is 1160 g/mol. The van der Waals surface area contributed by atoms with Gasteiger partial charge < -0.3 is 43.6 Å². The van der Waals surface area contributed by atoms with Gasteiger partial charge in [0.05, 0.1) is 48.5 Å². The Morgan fingerprint density at radius 2 is 1.71 bits per heavy atom. The van der Waals surface area contributed by atoms with Gasteiger partial charge in [0.1, 0.15) is 35.8 Å². The van der Waals surface area contributed by atoms with Crippen molar-refractivity contribution in [1.82, 2.24) is 10.2 Å². The second kappa shape index (κ2) is 18.3. The molecule has 28 atom stereocenters. The minimum Gasteiger partial charge on any atom is -0.469 e. The van der Waals surface area contributed by atoms with E-state index in [2.05, 4.69) is 91.8 Å². The molecule has 8 saturated carbocycles. The molecular formula is C72H90N2O11. The summed E-state index contributed by atoms with van der Waals surface area (Å²) in [5.41, 5.74) is -4.20. The van der Waals surface area contributed by atoms with Crippen molar-refractivity contribution in [3.05, 3.63) is 95.6 Å². The van der Waals surface area contributed by atoms with Gasteiger partial charge in [0.15, 0.2) is 11.9 Å². The zero-order valence-electron chi connectivity index (χ0n) is 50.2. The number of cyclic esters (lactones) is 2. The van der Waals surface area contributed by atoms with Gasteiger partial charge >= 0.3 is 11.9 Å². The molecule has 4 N–H and O–H groups in total. The van der Waals surface area contributed by atoms with Crippen LogP contribution in [0, 0.1) is 116 Å². The Kier molecular flexibility index (Phi) is 11.6. The predicted octanol–water partition coefficient (Wildman–Crippen LogP) is 9.63. The number of aliphatic hydroxyl groups is 3. The van der Waals surface area contributed by atoms with Gasteiger partial charge in [-0.2, -0.15) is 0 Å². The van der Waals surface area contributed by atoms with Crippen LogP contribution in [-0.2, 0) is 46.2 Å². The molecule has 1 aromatic carbocycles. The van der Waals surface area contributed by atoms with Gasteiger partial charge in [-0.25, -0.2) is 4.79 Å². The van der Waals surface area contributed by atoms with Gasteiger partial charge in [-0.3, -0.25) is 14.9 Å². The first kappa shape index (κ1) is 53.9. The lowest BCUT2D eigenvalue weighted by Crippen LogP contribution is -2.82. The third kappa shape index (κ3) is 6.46. The maximum atomic E-state index is 17.5. The molecule has 9 aliphatic carbocycles. The lowest BCUT2D eigenvalue weighted by atomic mass is 9.29. The number of hydrogen-bond acceptors (Lipinski definition) is 13. The van der Waals surface area contributed by atoms with Crippen LogP contribution < -0.4 is 5.32 Å². The van der Waals surface area contributed by atoms with Gasteiger partial charge in [0.25, 0.3) is 0 Å². The zero-order chi connectivity index (χ0) is 57.5. The number of carbonyl (C=O) groups excluding carboxylic acids is 3. The van der Waals surface area contributed by atoms with Crippen LogP contribution in [0.25, 0.3) is 0 Å². The molecule has 8 heterocycles.